The molecule has 2 fully saturated rings. The summed E-state index contributed by atoms with van der Waals surface area (Å²) in [7, 11) is 0. The highest BCUT2D eigenvalue weighted by atomic mass is 32.1. The van der Waals surface area contributed by atoms with Crippen LogP contribution < -0.4 is 0 Å². The van der Waals surface area contributed by atoms with Crippen molar-refractivity contribution >= 4 is 23.2 Å². The molecule has 3 heterocycles. The summed E-state index contributed by atoms with van der Waals surface area (Å²) in [5, 5.41) is 4.02. The minimum atomic E-state index is -0.262. The third kappa shape index (κ3) is 4.85. The number of hydrogen-bond donors (Lipinski definition) is 0. The van der Waals surface area contributed by atoms with Gasteiger partial charge in [0.15, 0.2) is 0 Å². The Morgan fingerprint density at radius 3 is 2.62 bits per heavy atom. The number of benzene rings is 1. The van der Waals surface area contributed by atoms with Crippen LogP contribution in [0.1, 0.15) is 24.0 Å². The molecule has 154 valence electrons. The molecule has 5 nitrogen and oxygen atoms in total. The number of hydrogen-bond acceptors (Lipinski definition) is 4. The average molecular weight is 416 g/mol. The SMILES string of the molecule is O=C(Cc1ccsc1)N1CCCN(C2CCN(Cc3ccc(F)cc3)C2=O)CC1. The Morgan fingerprint density at radius 1 is 1.03 bits per heavy atom. The molecule has 29 heavy (non-hydrogen) atoms. The van der Waals surface area contributed by atoms with Crippen LogP contribution in [0, 0.1) is 5.82 Å². The Kier molecular flexibility index (Phi) is 6.25. The van der Waals surface area contributed by atoms with Gasteiger partial charge in [0.25, 0.3) is 0 Å². The van der Waals surface area contributed by atoms with E-state index in [0.29, 0.717) is 19.5 Å². The van der Waals surface area contributed by atoms with Gasteiger partial charge < -0.3 is 9.80 Å². The molecule has 1 aromatic carbocycles. The number of rotatable bonds is 5. The molecule has 2 saturated heterocycles. The van der Waals surface area contributed by atoms with E-state index in [1.54, 1.807) is 23.5 Å². The monoisotopic (exact) mass is 415 g/mol. The number of carbonyl (C=O) groups is 2. The summed E-state index contributed by atoms with van der Waals surface area (Å²) in [5.74, 6) is 0.0513. The second kappa shape index (κ2) is 9.05. The van der Waals surface area contributed by atoms with Crippen LogP contribution in [0.25, 0.3) is 0 Å². The Morgan fingerprint density at radius 2 is 1.86 bits per heavy atom. The quantitative estimate of drug-likeness (QED) is 0.754. The predicted octanol–water partition coefficient (Wildman–Crippen LogP) is 2.77. The van der Waals surface area contributed by atoms with Crippen LogP contribution in [0.4, 0.5) is 4.39 Å². The normalized spacial score (nSPS) is 20.9. The fourth-order valence-electron chi connectivity index (χ4n) is 4.21. The second-order valence-electron chi connectivity index (χ2n) is 7.77. The molecule has 2 aliphatic rings. The number of likely N-dealkylation sites (tertiary alicyclic amines) is 1. The van der Waals surface area contributed by atoms with E-state index in [0.717, 1.165) is 50.1 Å². The summed E-state index contributed by atoms with van der Waals surface area (Å²) in [6, 6.07) is 8.23. The number of amides is 2. The van der Waals surface area contributed by atoms with Crippen LogP contribution in [0.5, 0.6) is 0 Å². The van der Waals surface area contributed by atoms with Crippen LogP contribution in [-0.4, -0.2) is 65.3 Å². The first-order valence-corrected chi connectivity index (χ1v) is 11.1. The first-order chi connectivity index (χ1) is 14.1. The zero-order chi connectivity index (χ0) is 20.2. The lowest BCUT2D eigenvalue weighted by atomic mass is 10.2. The van der Waals surface area contributed by atoms with Crippen molar-refractivity contribution in [2.75, 3.05) is 32.7 Å². The summed E-state index contributed by atoms with van der Waals surface area (Å²) < 4.78 is 13.1. The van der Waals surface area contributed by atoms with E-state index >= 15 is 0 Å². The van der Waals surface area contributed by atoms with Gasteiger partial charge >= 0.3 is 0 Å². The van der Waals surface area contributed by atoms with Crippen molar-refractivity contribution in [2.45, 2.75) is 31.8 Å². The number of carbonyl (C=O) groups excluding carboxylic acids is 2. The maximum absolute atomic E-state index is 13.1. The lowest BCUT2D eigenvalue weighted by Crippen LogP contribution is -2.44. The van der Waals surface area contributed by atoms with Crippen LogP contribution in [0.15, 0.2) is 41.1 Å². The van der Waals surface area contributed by atoms with Crippen molar-refractivity contribution in [3.8, 4) is 0 Å². The molecule has 2 aliphatic heterocycles. The van der Waals surface area contributed by atoms with Crippen molar-refractivity contribution in [3.63, 3.8) is 0 Å². The zero-order valence-electron chi connectivity index (χ0n) is 16.4. The molecule has 7 heteroatoms. The van der Waals surface area contributed by atoms with Crippen molar-refractivity contribution < 1.29 is 14.0 Å². The highest BCUT2D eigenvalue weighted by Crippen LogP contribution is 2.21. The summed E-state index contributed by atoms with van der Waals surface area (Å²) in [4.78, 5) is 31.6. The maximum Gasteiger partial charge on any atom is 0.240 e. The molecule has 0 spiro atoms. The van der Waals surface area contributed by atoms with Crippen molar-refractivity contribution in [1.29, 1.82) is 0 Å². The van der Waals surface area contributed by atoms with E-state index in [1.165, 1.54) is 12.1 Å². The number of nitrogens with zero attached hydrogens (tertiary/aromatic N) is 3. The summed E-state index contributed by atoms with van der Waals surface area (Å²) in [6.07, 6.45) is 2.15. The average Bonchev–Trinajstić information content (AvgIpc) is 3.27. The molecule has 0 radical (unpaired) electrons. The van der Waals surface area contributed by atoms with E-state index in [4.69, 9.17) is 0 Å². The topological polar surface area (TPSA) is 43.9 Å². The lowest BCUT2D eigenvalue weighted by molar-refractivity contribution is -0.132. The van der Waals surface area contributed by atoms with Crippen molar-refractivity contribution in [3.05, 3.63) is 58.0 Å². The predicted molar refractivity (Wildman–Crippen MR) is 111 cm³/mol. The van der Waals surface area contributed by atoms with Gasteiger partial charge in [-0.2, -0.15) is 11.3 Å². The minimum Gasteiger partial charge on any atom is -0.341 e. The van der Waals surface area contributed by atoms with Gasteiger partial charge in [0.05, 0.1) is 12.5 Å². The Bertz CT molecular complexity index is 840. The number of thiophene rings is 1. The zero-order valence-corrected chi connectivity index (χ0v) is 17.2. The molecular formula is C22H26FN3O2S. The number of halogens is 1. The van der Waals surface area contributed by atoms with Crippen LogP contribution in [0.3, 0.4) is 0 Å². The van der Waals surface area contributed by atoms with Gasteiger partial charge in [-0.1, -0.05) is 12.1 Å². The highest BCUT2D eigenvalue weighted by Gasteiger charge is 2.36. The van der Waals surface area contributed by atoms with Gasteiger partial charge in [-0.25, -0.2) is 4.39 Å². The van der Waals surface area contributed by atoms with Crippen LogP contribution in [0.2, 0.25) is 0 Å². The molecule has 0 N–H and O–H groups in total. The van der Waals surface area contributed by atoms with Gasteiger partial charge in [0, 0.05) is 39.3 Å². The molecule has 1 unspecified atom stereocenters. The molecule has 0 bridgehead atoms. The van der Waals surface area contributed by atoms with E-state index in [-0.39, 0.29) is 23.7 Å². The third-order valence-corrected chi connectivity index (χ3v) is 6.55. The lowest BCUT2D eigenvalue weighted by Gasteiger charge is -2.26. The van der Waals surface area contributed by atoms with E-state index < -0.39 is 0 Å². The first kappa shape index (κ1) is 20.0. The molecule has 0 saturated carbocycles. The van der Waals surface area contributed by atoms with E-state index in [1.807, 2.05) is 26.6 Å². The van der Waals surface area contributed by atoms with Gasteiger partial charge in [0.1, 0.15) is 5.82 Å². The molecular weight excluding hydrogens is 389 g/mol. The molecule has 1 atom stereocenters. The summed E-state index contributed by atoms with van der Waals surface area (Å²) in [6.45, 7) is 4.23. The van der Waals surface area contributed by atoms with Gasteiger partial charge in [-0.15, -0.1) is 0 Å². The molecule has 4 rings (SSSR count). The smallest absolute Gasteiger partial charge is 0.240 e. The minimum absolute atomic E-state index is 0.109. The van der Waals surface area contributed by atoms with E-state index in [2.05, 4.69) is 4.90 Å². The third-order valence-electron chi connectivity index (χ3n) is 5.82. The highest BCUT2D eigenvalue weighted by molar-refractivity contribution is 7.08. The van der Waals surface area contributed by atoms with Crippen molar-refractivity contribution in [1.82, 2.24) is 14.7 Å². The van der Waals surface area contributed by atoms with Crippen LogP contribution >= 0.6 is 11.3 Å². The van der Waals surface area contributed by atoms with Crippen molar-refractivity contribution in [2.24, 2.45) is 0 Å². The fraction of sp³-hybridized carbons (Fsp3) is 0.455. The largest absolute Gasteiger partial charge is 0.341 e. The molecule has 0 aliphatic carbocycles. The van der Waals surface area contributed by atoms with Crippen LogP contribution in [-0.2, 0) is 22.6 Å². The maximum atomic E-state index is 13.1. The Balaban J connectivity index is 1.31. The standard InChI is InChI=1S/C22H26FN3O2S/c23-19-4-2-17(3-5-19)15-26-10-6-20(22(26)28)24-8-1-9-25(12-11-24)21(27)14-18-7-13-29-16-18/h2-5,7,13,16,20H,1,6,8-12,14-15H2. The second-order valence-corrected chi connectivity index (χ2v) is 8.55. The molecule has 1 aromatic heterocycles. The fourth-order valence-corrected chi connectivity index (χ4v) is 4.88. The van der Waals surface area contributed by atoms with Gasteiger partial charge in [-0.05, 0) is 52.9 Å². The Labute approximate surface area is 174 Å². The summed E-state index contributed by atoms with van der Waals surface area (Å²) >= 11 is 1.61. The Hall–Kier alpha value is -2.25. The first-order valence-electron chi connectivity index (χ1n) is 10.2. The van der Waals surface area contributed by atoms with Gasteiger partial charge in [-0.3, -0.25) is 14.5 Å². The van der Waals surface area contributed by atoms with Gasteiger partial charge in [0.2, 0.25) is 11.8 Å². The van der Waals surface area contributed by atoms with E-state index in [9.17, 15) is 14.0 Å². The summed E-state index contributed by atoms with van der Waals surface area (Å²) in [5.41, 5.74) is 2.02. The molecule has 2 amide bonds. The molecule has 2 aromatic rings.